The smallest absolute Gasteiger partial charge is 0.244 e. The molecule has 0 aliphatic carbocycles. The standard InChI is InChI=1S/C28H32BrN3O4S/c1-3-18-30-28(34)26(19-22-10-6-4-7-11-22)31(20-23-14-16-24(29)17-15-23)27(33)21-32(37(2,35)36)25-12-8-5-9-13-25/h4-17,26H,3,18-21H2,1-2H3,(H,30,34)/t26-/m0/s1. The van der Waals surface area contributed by atoms with Crippen LogP contribution >= 0.6 is 15.9 Å². The average molecular weight is 587 g/mol. The van der Waals surface area contributed by atoms with E-state index in [2.05, 4.69) is 21.2 Å². The number of para-hydroxylation sites is 1. The molecule has 2 amide bonds. The third kappa shape index (κ3) is 8.43. The lowest BCUT2D eigenvalue weighted by Crippen LogP contribution is -2.53. The van der Waals surface area contributed by atoms with Crippen LogP contribution in [0.2, 0.25) is 0 Å². The lowest BCUT2D eigenvalue weighted by atomic mass is 10.0. The highest BCUT2D eigenvalue weighted by atomic mass is 79.9. The molecule has 0 aromatic heterocycles. The minimum Gasteiger partial charge on any atom is -0.354 e. The van der Waals surface area contributed by atoms with E-state index in [9.17, 15) is 18.0 Å². The van der Waals surface area contributed by atoms with Gasteiger partial charge in [-0.3, -0.25) is 13.9 Å². The van der Waals surface area contributed by atoms with Crippen molar-refractivity contribution in [1.82, 2.24) is 10.2 Å². The van der Waals surface area contributed by atoms with Crippen LogP contribution in [0.5, 0.6) is 0 Å². The van der Waals surface area contributed by atoms with Crippen molar-refractivity contribution in [3.63, 3.8) is 0 Å². The van der Waals surface area contributed by atoms with Crippen molar-refractivity contribution in [2.75, 3.05) is 23.7 Å². The van der Waals surface area contributed by atoms with E-state index in [-0.39, 0.29) is 12.5 Å². The van der Waals surface area contributed by atoms with Gasteiger partial charge in [0.2, 0.25) is 21.8 Å². The summed E-state index contributed by atoms with van der Waals surface area (Å²) in [6.45, 7) is 2.16. The Labute approximate surface area is 227 Å². The molecule has 0 saturated heterocycles. The lowest BCUT2D eigenvalue weighted by molar-refractivity contribution is -0.140. The number of hydrogen-bond acceptors (Lipinski definition) is 4. The summed E-state index contributed by atoms with van der Waals surface area (Å²) in [4.78, 5) is 28.8. The molecule has 0 fully saturated rings. The van der Waals surface area contributed by atoms with Gasteiger partial charge in [0.15, 0.2) is 0 Å². The molecule has 9 heteroatoms. The molecule has 1 atom stereocenters. The Bertz CT molecular complexity index is 1270. The van der Waals surface area contributed by atoms with Gasteiger partial charge in [-0.2, -0.15) is 0 Å². The first-order valence-corrected chi connectivity index (χ1v) is 14.7. The van der Waals surface area contributed by atoms with Gasteiger partial charge < -0.3 is 10.2 Å². The Morgan fingerprint density at radius 1 is 0.892 bits per heavy atom. The molecule has 7 nitrogen and oxygen atoms in total. The van der Waals surface area contributed by atoms with E-state index in [4.69, 9.17) is 0 Å². The number of rotatable bonds is 12. The molecule has 3 aromatic carbocycles. The molecule has 0 spiro atoms. The number of anilines is 1. The Morgan fingerprint density at radius 3 is 2.05 bits per heavy atom. The van der Waals surface area contributed by atoms with Gasteiger partial charge in [0.05, 0.1) is 11.9 Å². The summed E-state index contributed by atoms with van der Waals surface area (Å²) in [6, 6.07) is 24.6. The molecule has 0 radical (unpaired) electrons. The van der Waals surface area contributed by atoms with Crippen LogP contribution < -0.4 is 9.62 Å². The Kier molecular flexibility index (Phi) is 10.3. The van der Waals surface area contributed by atoms with Crippen molar-refractivity contribution < 1.29 is 18.0 Å². The van der Waals surface area contributed by atoms with Crippen molar-refractivity contribution in [3.05, 3.63) is 101 Å². The highest BCUT2D eigenvalue weighted by Gasteiger charge is 2.32. The van der Waals surface area contributed by atoms with Crippen LogP contribution in [0.3, 0.4) is 0 Å². The molecule has 196 valence electrons. The number of carbonyl (C=O) groups excluding carboxylic acids is 2. The number of amides is 2. The highest BCUT2D eigenvalue weighted by Crippen LogP contribution is 2.20. The maximum absolute atomic E-state index is 13.9. The van der Waals surface area contributed by atoms with Gasteiger partial charge >= 0.3 is 0 Å². The number of hydrogen-bond donors (Lipinski definition) is 1. The molecule has 0 bridgehead atoms. The summed E-state index contributed by atoms with van der Waals surface area (Å²) in [5.41, 5.74) is 2.11. The fourth-order valence-electron chi connectivity index (χ4n) is 3.91. The van der Waals surface area contributed by atoms with Crippen LogP contribution in [0, 0.1) is 0 Å². The quantitative estimate of drug-likeness (QED) is 0.342. The first kappa shape index (κ1) is 28.4. The predicted molar refractivity (Wildman–Crippen MR) is 151 cm³/mol. The van der Waals surface area contributed by atoms with E-state index in [1.54, 1.807) is 30.3 Å². The van der Waals surface area contributed by atoms with Crippen LogP contribution in [0.15, 0.2) is 89.4 Å². The maximum atomic E-state index is 13.9. The van der Waals surface area contributed by atoms with Gasteiger partial charge in [-0.1, -0.05) is 83.5 Å². The summed E-state index contributed by atoms with van der Waals surface area (Å²) in [5, 5.41) is 2.93. The van der Waals surface area contributed by atoms with Crippen LogP contribution in [-0.4, -0.2) is 50.5 Å². The van der Waals surface area contributed by atoms with Gasteiger partial charge in [0.25, 0.3) is 0 Å². The third-order valence-electron chi connectivity index (χ3n) is 5.81. The zero-order valence-corrected chi connectivity index (χ0v) is 23.4. The summed E-state index contributed by atoms with van der Waals surface area (Å²) >= 11 is 3.43. The van der Waals surface area contributed by atoms with E-state index in [1.807, 2.05) is 61.5 Å². The molecule has 37 heavy (non-hydrogen) atoms. The second kappa shape index (κ2) is 13.4. The van der Waals surface area contributed by atoms with Gasteiger partial charge in [-0.25, -0.2) is 8.42 Å². The zero-order valence-electron chi connectivity index (χ0n) is 21.0. The topological polar surface area (TPSA) is 86.8 Å². The molecule has 0 aliphatic heterocycles. The summed E-state index contributed by atoms with van der Waals surface area (Å²) < 4.78 is 27.4. The van der Waals surface area contributed by atoms with Crippen LogP contribution in [0.25, 0.3) is 0 Å². The Balaban J connectivity index is 2.01. The van der Waals surface area contributed by atoms with Crippen LogP contribution in [-0.2, 0) is 32.6 Å². The normalized spacial score (nSPS) is 12.0. The average Bonchev–Trinajstić information content (AvgIpc) is 2.89. The number of nitrogens with zero attached hydrogens (tertiary/aromatic N) is 2. The minimum atomic E-state index is -3.76. The van der Waals surface area contributed by atoms with Crippen LogP contribution in [0.4, 0.5) is 5.69 Å². The first-order chi connectivity index (χ1) is 17.7. The van der Waals surface area contributed by atoms with Gasteiger partial charge in [-0.05, 0) is 41.8 Å². The maximum Gasteiger partial charge on any atom is 0.244 e. The molecule has 1 N–H and O–H groups in total. The molecule has 0 saturated carbocycles. The minimum absolute atomic E-state index is 0.148. The molecule has 0 aliphatic rings. The fourth-order valence-corrected chi connectivity index (χ4v) is 5.03. The van der Waals surface area contributed by atoms with E-state index in [0.29, 0.717) is 18.7 Å². The van der Waals surface area contributed by atoms with Crippen molar-refractivity contribution in [2.24, 2.45) is 0 Å². The van der Waals surface area contributed by atoms with Gasteiger partial charge in [-0.15, -0.1) is 0 Å². The summed E-state index contributed by atoms with van der Waals surface area (Å²) in [5.74, 6) is -0.744. The molecule has 3 aromatic rings. The van der Waals surface area contributed by atoms with Gasteiger partial charge in [0, 0.05) is 24.0 Å². The fraction of sp³-hybridized carbons (Fsp3) is 0.286. The molecule has 3 rings (SSSR count). The highest BCUT2D eigenvalue weighted by molar-refractivity contribution is 9.10. The van der Waals surface area contributed by atoms with Crippen molar-refractivity contribution in [1.29, 1.82) is 0 Å². The number of halogens is 1. The van der Waals surface area contributed by atoms with Crippen molar-refractivity contribution in [3.8, 4) is 0 Å². The number of benzene rings is 3. The molecule has 0 unspecified atom stereocenters. The monoisotopic (exact) mass is 585 g/mol. The largest absolute Gasteiger partial charge is 0.354 e. The predicted octanol–water partition coefficient (Wildman–Crippen LogP) is 4.38. The molecular formula is C28H32BrN3O4S. The zero-order chi connectivity index (χ0) is 26.8. The SMILES string of the molecule is CCCNC(=O)[C@H](Cc1ccccc1)N(Cc1ccc(Br)cc1)C(=O)CN(c1ccccc1)S(C)(=O)=O. The van der Waals surface area contributed by atoms with E-state index in [0.717, 1.165) is 32.6 Å². The second-order valence-electron chi connectivity index (χ2n) is 8.75. The summed E-state index contributed by atoms with van der Waals surface area (Å²) in [6.07, 6.45) is 2.12. The molecule has 0 heterocycles. The number of carbonyl (C=O) groups is 2. The first-order valence-electron chi connectivity index (χ1n) is 12.1. The Hall–Kier alpha value is -3.17. The third-order valence-corrected chi connectivity index (χ3v) is 7.48. The van der Waals surface area contributed by atoms with Crippen molar-refractivity contribution in [2.45, 2.75) is 32.4 Å². The lowest BCUT2D eigenvalue weighted by Gasteiger charge is -2.33. The molecular weight excluding hydrogens is 554 g/mol. The van der Waals surface area contributed by atoms with E-state index < -0.39 is 28.5 Å². The second-order valence-corrected chi connectivity index (χ2v) is 11.6. The van der Waals surface area contributed by atoms with Crippen molar-refractivity contribution >= 4 is 43.5 Å². The summed E-state index contributed by atoms with van der Waals surface area (Å²) in [7, 11) is -3.76. The van der Waals surface area contributed by atoms with Gasteiger partial charge in [0.1, 0.15) is 12.6 Å². The number of sulfonamides is 1. The number of nitrogens with one attached hydrogen (secondary N) is 1. The van der Waals surface area contributed by atoms with Crippen LogP contribution in [0.1, 0.15) is 24.5 Å². The van der Waals surface area contributed by atoms with E-state index in [1.165, 1.54) is 4.90 Å². The van der Waals surface area contributed by atoms with E-state index >= 15 is 0 Å². The Morgan fingerprint density at radius 2 is 1.49 bits per heavy atom.